The van der Waals surface area contributed by atoms with E-state index in [9.17, 15) is 4.79 Å². The molecule has 0 amide bonds. The van der Waals surface area contributed by atoms with Crippen molar-refractivity contribution in [3.05, 3.63) is 71.8 Å². The van der Waals surface area contributed by atoms with Gasteiger partial charge < -0.3 is 9.47 Å². The van der Waals surface area contributed by atoms with E-state index in [1.807, 2.05) is 48.5 Å². The molecule has 0 aliphatic rings. The average Bonchev–Trinajstić information content (AvgIpc) is 2.60. The molecule has 2 atom stereocenters. The van der Waals surface area contributed by atoms with Gasteiger partial charge in [-0.05, 0) is 24.1 Å². The molecule has 0 saturated carbocycles. The molecule has 2 unspecified atom stereocenters. The van der Waals surface area contributed by atoms with E-state index in [4.69, 9.17) is 9.47 Å². The highest BCUT2D eigenvalue weighted by Crippen LogP contribution is 2.24. The van der Waals surface area contributed by atoms with Crippen LogP contribution in [0.3, 0.4) is 0 Å². The van der Waals surface area contributed by atoms with Crippen molar-refractivity contribution in [3.8, 4) is 0 Å². The molecule has 3 heteroatoms. The van der Waals surface area contributed by atoms with Gasteiger partial charge in [-0.15, -0.1) is 0 Å². The monoisotopic (exact) mass is 298 g/mol. The van der Waals surface area contributed by atoms with Crippen LogP contribution in [0.15, 0.2) is 60.7 Å². The predicted octanol–water partition coefficient (Wildman–Crippen LogP) is 4.05. The van der Waals surface area contributed by atoms with Gasteiger partial charge in [-0.2, -0.15) is 0 Å². The molecule has 116 valence electrons. The first kappa shape index (κ1) is 16.2. The van der Waals surface area contributed by atoms with E-state index in [-0.39, 0.29) is 18.0 Å². The summed E-state index contributed by atoms with van der Waals surface area (Å²) < 4.78 is 11.1. The Morgan fingerprint density at radius 2 is 1.59 bits per heavy atom. The molecule has 0 saturated heterocycles. The van der Waals surface area contributed by atoms with Crippen LogP contribution in [0.5, 0.6) is 0 Å². The molecule has 22 heavy (non-hydrogen) atoms. The van der Waals surface area contributed by atoms with Crippen LogP contribution in [-0.4, -0.2) is 25.8 Å². The average molecular weight is 298 g/mol. The van der Waals surface area contributed by atoms with Crippen molar-refractivity contribution in [2.75, 3.05) is 13.7 Å². The van der Waals surface area contributed by atoms with Crippen LogP contribution < -0.4 is 0 Å². The van der Waals surface area contributed by atoms with Crippen LogP contribution in [0.2, 0.25) is 0 Å². The number of carbonyl (C=O) groups is 1. The maximum atomic E-state index is 12.1. The summed E-state index contributed by atoms with van der Waals surface area (Å²) in [6, 6.07) is 19.1. The van der Waals surface area contributed by atoms with Crippen molar-refractivity contribution in [2.45, 2.75) is 25.4 Å². The van der Waals surface area contributed by atoms with Gasteiger partial charge in [0, 0.05) is 13.0 Å². The number of esters is 1. The van der Waals surface area contributed by atoms with Crippen LogP contribution in [0.4, 0.5) is 0 Å². The van der Waals surface area contributed by atoms with Crippen LogP contribution in [0.25, 0.3) is 0 Å². The summed E-state index contributed by atoms with van der Waals surface area (Å²) >= 11 is 0. The zero-order chi connectivity index (χ0) is 15.8. The number of hydrogen-bond donors (Lipinski definition) is 0. The van der Waals surface area contributed by atoms with Gasteiger partial charge in [-0.1, -0.05) is 55.5 Å². The summed E-state index contributed by atoms with van der Waals surface area (Å²) in [4.78, 5) is 12.1. The van der Waals surface area contributed by atoms with E-state index < -0.39 is 0 Å². The fourth-order valence-electron chi connectivity index (χ4n) is 2.56. The van der Waals surface area contributed by atoms with E-state index in [1.54, 1.807) is 19.2 Å². The molecule has 0 aliphatic heterocycles. The van der Waals surface area contributed by atoms with Gasteiger partial charge in [-0.25, -0.2) is 4.79 Å². The Hall–Kier alpha value is -2.13. The van der Waals surface area contributed by atoms with E-state index in [0.717, 1.165) is 12.0 Å². The zero-order valence-corrected chi connectivity index (χ0v) is 13.1. The molecule has 0 N–H and O–H groups in total. The molecule has 0 aliphatic carbocycles. The third-order valence-corrected chi connectivity index (χ3v) is 3.79. The SMILES string of the molecule is CCC(OC)C(COC(=O)c1ccccc1)c1ccccc1. The fraction of sp³-hybridized carbons (Fsp3) is 0.316. The number of rotatable bonds is 7. The molecule has 3 nitrogen and oxygen atoms in total. The van der Waals surface area contributed by atoms with Crippen molar-refractivity contribution >= 4 is 5.97 Å². The molecule has 0 fully saturated rings. The second-order valence-electron chi connectivity index (χ2n) is 5.16. The lowest BCUT2D eigenvalue weighted by Crippen LogP contribution is -2.26. The molecule has 0 bridgehead atoms. The highest BCUT2D eigenvalue weighted by Gasteiger charge is 2.23. The van der Waals surface area contributed by atoms with Crippen LogP contribution >= 0.6 is 0 Å². The molecular formula is C19H22O3. The number of benzene rings is 2. The molecule has 0 aromatic heterocycles. The Kier molecular flexibility index (Phi) is 6.16. The van der Waals surface area contributed by atoms with Gasteiger partial charge in [0.25, 0.3) is 0 Å². The van der Waals surface area contributed by atoms with Crippen molar-refractivity contribution in [3.63, 3.8) is 0 Å². The molecule has 2 aromatic rings. The maximum Gasteiger partial charge on any atom is 0.338 e. The summed E-state index contributed by atoms with van der Waals surface area (Å²) in [5.41, 5.74) is 1.69. The highest BCUT2D eigenvalue weighted by atomic mass is 16.5. The summed E-state index contributed by atoms with van der Waals surface area (Å²) in [7, 11) is 1.70. The second-order valence-corrected chi connectivity index (χ2v) is 5.16. The summed E-state index contributed by atoms with van der Waals surface area (Å²) in [5.74, 6) is -0.267. The lowest BCUT2D eigenvalue weighted by atomic mass is 9.92. The Bertz CT molecular complexity index is 562. The van der Waals surface area contributed by atoms with Crippen LogP contribution in [-0.2, 0) is 9.47 Å². The van der Waals surface area contributed by atoms with E-state index in [1.165, 1.54) is 0 Å². The zero-order valence-electron chi connectivity index (χ0n) is 13.1. The third-order valence-electron chi connectivity index (χ3n) is 3.79. The topological polar surface area (TPSA) is 35.5 Å². The number of ether oxygens (including phenoxy) is 2. The number of carbonyl (C=O) groups excluding carboxylic acids is 1. The van der Waals surface area contributed by atoms with Gasteiger partial charge in [0.1, 0.15) is 6.61 Å². The van der Waals surface area contributed by atoms with Gasteiger partial charge >= 0.3 is 5.97 Å². The summed E-state index contributed by atoms with van der Waals surface area (Å²) in [5, 5.41) is 0. The quantitative estimate of drug-likeness (QED) is 0.723. The lowest BCUT2D eigenvalue weighted by molar-refractivity contribution is 0.0246. The first-order valence-corrected chi connectivity index (χ1v) is 7.56. The molecule has 0 heterocycles. The maximum absolute atomic E-state index is 12.1. The predicted molar refractivity (Wildman–Crippen MR) is 87.0 cm³/mol. The van der Waals surface area contributed by atoms with E-state index >= 15 is 0 Å². The Morgan fingerprint density at radius 3 is 2.14 bits per heavy atom. The largest absolute Gasteiger partial charge is 0.461 e. The van der Waals surface area contributed by atoms with Crippen molar-refractivity contribution in [1.29, 1.82) is 0 Å². The minimum absolute atomic E-state index is 0.0194. The number of hydrogen-bond acceptors (Lipinski definition) is 3. The lowest BCUT2D eigenvalue weighted by Gasteiger charge is -2.25. The minimum atomic E-state index is -0.299. The standard InChI is InChI=1S/C19H22O3/c1-3-18(21-2)17(15-10-6-4-7-11-15)14-22-19(20)16-12-8-5-9-13-16/h4-13,17-18H,3,14H2,1-2H3. The van der Waals surface area contributed by atoms with Crippen LogP contribution in [0.1, 0.15) is 35.2 Å². The van der Waals surface area contributed by atoms with Gasteiger partial charge in [0.05, 0.1) is 11.7 Å². The normalized spacial score (nSPS) is 13.4. The van der Waals surface area contributed by atoms with Crippen molar-refractivity contribution < 1.29 is 14.3 Å². The second kappa shape index (κ2) is 8.35. The summed E-state index contributed by atoms with van der Waals surface area (Å²) in [6.07, 6.45) is 0.879. The first-order chi connectivity index (χ1) is 10.8. The molecule has 0 spiro atoms. The van der Waals surface area contributed by atoms with Crippen LogP contribution in [0, 0.1) is 0 Å². The Labute approximate surface area is 131 Å². The molecule has 2 aromatic carbocycles. The van der Waals surface area contributed by atoms with Gasteiger partial charge in [0.15, 0.2) is 0 Å². The summed E-state index contributed by atoms with van der Waals surface area (Å²) in [6.45, 7) is 2.38. The molecule has 2 rings (SSSR count). The first-order valence-electron chi connectivity index (χ1n) is 7.56. The number of methoxy groups -OCH3 is 1. The van der Waals surface area contributed by atoms with E-state index in [2.05, 4.69) is 6.92 Å². The highest BCUT2D eigenvalue weighted by molar-refractivity contribution is 5.89. The molecular weight excluding hydrogens is 276 g/mol. The Balaban J connectivity index is 2.09. The van der Waals surface area contributed by atoms with Gasteiger partial charge in [0.2, 0.25) is 0 Å². The Morgan fingerprint density at radius 1 is 1.00 bits per heavy atom. The van der Waals surface area contributed by atoms with Crippen molar-refractivity contribution in [2.24, 2.45) is 0 Å². The third kappa shape index (κ3) is 4.18. The van der Waals surface area contributed by atoms with Crippen molar-refractivity contribution in [1.82, 2.24) is 0 Å². The van der Waals surface area contributed by atoms with Gasteiger partial charge in [-0.3, -0.25) is 0 Å². The smallest absolute Gasteiger partial charge is 0.338 e. The fourth-order valence-corrected chi connectivity index (χ4v) is 2.56. The van der Waals surface area contributed by atoms with E-state index in [0.29, 0.717) is 12.2 Å². The molecule has 0 radical (unpaired) electrons. The minimum Gasteiger partial charge on any atom is -0.461 e.